The second-order valence-corrected chi connectivity index (χ2v) is 9.49. The van der Waals surface area contributed by atoms with Crippen molar-refractivity contribution in [2.24, 2.45) is 28.7 Å². The van der Waals surface area contributed by atoms with Gasteiger partial charge < -0.3 is 10.6 Å². The van der Waals surface area contributed by atoms with Gasteiger partial charge in [0.15, 0.2) is 5.96 Å². The Balaban J connectivity index is 1.16. The van der Waals surface area contributed by atoms with Gasteiger partial charge in [-0.25, -0.2) is 4.98 Å². The molecular weight excluding hydrogens is 394 g/mol. The summed E-state index contributed by atoms with van der Waals surface area (Å²) in [4.78, 5) is 35.2. The van der Waals surface area contributed by atoms with Gasteiger partial charge in [-0.1, -0.05) is 23.9 Å². The number of thiazole rings is 1. The molecule has 4 rings (SSSR count). The number of aliphatic imine (C=N–C) groups is 1. The number of amides is 2. The van der Waals surface area contributed by atoms with Crippen LogP contribution in [0.3, 0.4) is 0 Å². The molecule has 9 heteroatoms. The Morgan fingerprint density at radius 1 is 1.25 bits per heavy atom. The van der Waals surface area contributed by atoms with E-state index in [9.17, 15) is 9.59 Å². The van der Waals surface area contributed by atoms with Gasteiger partial charge in [0.1, 0.15) is 4.34 Å². The second kappa shape index (κ2) is 8.65. The molecule has 0 spiro atoms. The SMILES string of the molecule is CN=C(NCCCSc1nccs1)NCCN1C(=O)C2C3C=CC(C3)C2C1=O. The van der Waals surface area contributed by atoms with E-state index >= 15 is 0 Å². The number of carbonyl (C=O) groups excluding carboxylic acids is 2. The highest BCUT2D eigenvalue weighted by Crippen LogP contribution is 2.52. The summed E-state index contributed by atoms with van der Waals surface area (Å²) in [6.45, 7) is 1.71. The van der Waals surface area contributed by atoms with Crippen molar-refractivity contribution in [3.63, 3.8) is 0 Å². The first-order valence-corrected chi connectivity index (χ1v) is 11.6. The molecule has 28 heavy (non-hydrogen) atoms. The summed E-state index contributed by atoms with van der Waals surface area (Å²) in [5, 5.41) is 8.46. The number of guanidine groups is 1. The van der Waals surface area contributed by atoms with Crippen molar-refractivity contribution in [2.75, 3.05) is 32.4 Å². The number of aromatic nitrogens is 1. The monoisotopic (exact) mass is 419 g/mol. The Labute approximate surface area is 173 Å². The molecule has 0 aromatic carbocycles. The summed E-state index contributed by atoms with van der Waals surface area (Å²) < 4.78 is 1.09. The Morgan fingerprint density at radius 2 is 1.96 bits per heavy atom. The van der Waals surface area contributed by atoms with Crippen molar-refractivity contribution >= 4 is 40.9 Å². The number of hydrogen-bond donors (Lipinski definition) is 2. The zero-order valence-corrected chi connectivity index (χ0v) is 17.5. The largest absolute Gasteiger partial charge is 0.356 e. The minimum absolute atomic E-state index is 0.0100. The van der Waals surface area contributed by atoms with Gasteiger partial charge in [0.25, 0.3) is 0 Å². The molecule has 2 bridgehead atoms. The molecule has 2 aliphatic carbocycles. The topological polar surface area (TPSA) is 86.7 Å². The van der Waals surface area contributed by atoms with Gasteiger partial charge in [-0.2, -0.15) is 0 Å². The molecule has 3 aliphatic rings. The van der Waals surface area contributed by atoms with Crippen molar-refractivity contribution in [3.8, 4) is 0 Å². The van der Waals surface area contributed by atoms with Crippen LogP contribution in [0.2, 0.25) is 0 Å². The fourth-order valence-corrected chi connectivity index (χ4v) is 6.06. The van der Waals surface area contributed by atoms with E-state index < -0.39 is 0 Å². The van der Waals surface area contributed by atoms with E-state index in [1.165, 1.54) is 4.90 Å². The molecule has 2 N–H and O–H groups in total. The number of allylic oxidation sites excluding steroid dienone is 2. The van der Waals surface area contributed by atoms with E-state index in [4.69, 9.17) is 0 Å². The summed E-state index contributed by atoms with van der Waals surface area (Å²) in [7, 11) is 1.72. The highest BCUT2D eigenvalue weighted by atomic mass is 32.2. The molecule has 0 radical (unpaired) electrons. The minimum Gasteiger partial charge on any atom is -0.356 e. The highest BCUT2D eigenvalue weighted by molar-refractivity contribution is 8.00. The molecule has 1 saturated carbocycles. The second-order valence-electron chi connectivity index (χ2n) is 7.25. The van der Waals surface area contributed by atoms with Crippen molar-refractivity contribution < 1.29 is 9.59 Å². The lowest BCUT2D eigenvalue weighted by Gasteiger charge is -2.18. The first-order valence-electron chi connectivity index (χ1n) is 9.69. The van der Waals surface area contributed by atoms with Crippen LogP contribution in [0.25, 0.3) is 0 Å². The molecule has 2 fully saturated rings. The van der Waals surface area contributed by atoms with Crippen molar-refractivity contribution in [2.45, 2.75) is 17.2 Å². The van der Waals surface area contributed by atoms with Gasteiger partial charge in [0.2, 0.25) is 11.8 Å². The van der Waals surface area contributed by atoms with Crippen molar-refractivity contribution in [1.29, 1.82) is 0 Å². The molecule has 1 saturated heterocycles. The van der Waals surface area contributed by atoms with Crippen LogP contribution in [-0.4, -0.2) is 60.1 Å². The Bertz CT molecular complexity index is 749. The fraction of sp³-hybridized carbons (Fsp3) is 0.579. The lowest BCUT2D eigenvalue weighted by Crippen LogP contribution is -2.44. The highest BCUT2D eigenvalue weighted by Gasteiger charge is 2.58. The molecule has 1 aliphatic heterocycles. The normalized spacial score (nSPS) is 28.3. The fourth-order valence-electron chi connectivity index (χ4n) is 4.41. The van der Waals surface area contributed by atoms with Crippen molar-refractivity contribution in [3.05, 3.63) is 23.7 Å². The summed E-state index contributed by atoms with van der Waals surface area (Å²) >= 11 is 3.41. The first-order chi connectivity index (χ1) is 13.7. The Morgan fingerprint density at radius 3 is 2.61 bits per heavy atom. The lowest BCUT2D eigenvalue weighted by atomic mass is 9.85. The van der Waals surface area contributed by atoms with Gasteiger partial charge in [0.05, 0.1) is 11.8 Å². The number of nitrogens with zero attached hydrogens (tertiary/aromatic N) is 3. The Hall–Kier alpha value is -1.87. The summed E-state index contributed by atoms with van der Waals surface area (Å²) in [6, 6.07) is 0. The molecule has 150 valence electrons. The summed E-state index contributed by atoms with van der Waals surface area (Å²) in [6.07, 6.45) is 8.03. The van der Waals surface area contributed by atoms with Gasteiger partial charge in [-0.15, -0.1) is 11.3 Å². The van der Waals surface area contributed by atoms with Crippen LogP contribution < -0.4 is 10.6 Å². The van der Waals surface area contributed by atoms with Crippen LogP contribution in [0.5, 0.6) is 0 Å². The number of rotatable bonds is 8. The van der Waals surface area contributed by atoms with Gasteiger partial charge in [0, 0.05) is 44.0 Å². The maximum absolute atomic E-state index is 12.7. The number of nitrogens with one attached hydrogen (secondary N) is 2. The average Bonchev–Trinajstić information content (AvgIpc) is 3.47. The Kier molecular flexibility index (Phi) is 6.01. The van der Waals surface area contributed by atoms with E-state index in [-0.39, 0.29) is 35.5 Å². The van der Waals surface area contributed by atoms with Crippen LogP contribution in [-0.2, 0) is 9.59 Å². The quantitative estimate of drug-likeness (QED) is 0.166. The first kappa shape index (κ1) is 19.4. The van der Waals surface area contributed by atoms with Gasteiger partial charge >= 0.3 is 0 Å². The van der Waals surface area contributed by atoms with E-state index in [1.54, 1.807) is 30.1 Å². The number of hydrogen-bond acceptors (Lipinski definition) is 6. The van der Waals surface area contributed by atoms with E-state index in [1.807, 2.05) is 11.6 Å². The van der Waals surface area contributed by atoms with Crippen LogP contribution in [0.4, 0.5) is 0 Å². The smallest absolute Gasteiger partial charge is 0.233 e. The van der Waals surface area contributed by atoms with Gasteiger partial charge in [-0.05, 0) is 24.7 Å². The molecule has 2 heterocycles. The van der Waals surface area contributed by atoms with Gasteiger partial charge in [-0.3, -0.25) is 19.5 Å². The standard InChI is InChI=1S/C19H25N5O2S2/c1-20-18(21-5-2-9-27-19-23-7-10-28-19)22-6-8-24-16(25)14-12-3-4-13(11-12)15(14)17(24)26/h3-4,7,10,12-15H,2,5-6,8-9,11H2,1H3,(H2,20,21,22). The van der Waals surface area contributed by atoms with Crippen LogP contribution in [0.15, 0.2) is 33.1 Å². The third-order valence-electron chi connectivity index (χ3n) is 5.66. The maximum atomic E-state index is 12.7. The van der Waals surface area contributed by atoms with E-state index in [0.717, 1.165) is 29.5 Å². The maximum Gasteiger partial charge on any atom is 0.233 e. The van der Waals surface area contributed by atoms with Crippen LogP contribution >= 0.6 is 23.1 Å². The molecule has 1 aromatic rings. The summed E-state index contributed by atoms with van der Waals surface area (Å²) in [5.74, 6) is 2.01. The van der Waals surface area contributed by atoms with Crippen molar-refractivity contribution in [1.82, 2.24) is 20.5 Å². The predicted molar refractivity (Wildman–Crippen MR) is 111 cm³/mol. The third kappa shape index (κ3) is 3.82. The number of likely N-dealkylation sites (tertiary alicyclic amines) is 1. The third-order valence-corrected chi connectivity index (χ3v) is 7.71. The number of imide groups is 1. The number of carbonyl (C=O) groups is 2. The molecule has 2 amide bonds. The average molecular weight is 420 g/mol. The predicted octanol–water partition coefficient (Wildman–Crippen LogP) is 1.60. The summed E-state index contributed by atoms with van der Waals surface area (Å²) in [5.41, 5.74) is 0. The lowest BCUT2D eigenvalue weighted by molar-refractivity contribution is -0.140. The molecular formula is C19H25N5O2S2. The van der Waals surface area contributed by atoms with Crippen LogP contribution in [0.1, 0.15) is 12.8 Å². The molecule has 4 unspecified atom stereocenters. The molecule has 7 nitrogen and oxygen atoms in total. The number of thioether (sulfide) groups is 1. The molecule has 4 atom stereocenters. The van der Waals surface area contributed by atoms with E-state index in [0.29, 0.717) is 19.0 Å². The zero-order valence-electron chi connectivity index (χ0n) is 15.8. The van der Waals surface area contributed by atoms with Crippen LogP contribution in [0, 0.1) is 23.7 Å². The zero-order chi connectivity index (χ0) is 19.5. The minimum atomic E-state index is -0.115. The molecule has 1 aromatic heterocycles. The van der Waals surface area contributed by atoms with E-state index in [2.05, 4.69) is 32.8 Å². The number of fused-ring (bicyclic) bond motifs is 5.